The Morgan fingerprint density at radius 3 is 2.68 bits per heavy atom. The second-order valence-corrected chi connectivity index (χ2v) is 6.12. The zero-order valence-corrected chi connectivity index (χ0v) is 14.8. The maximum Gasteiger partial charge on any atom is 0.345 e. The van der Waals surface area contributed by atoms with Crippen LogP contribution < -0.4 is 5.32 Å². The van der Waals surface area contributed by atoms with Gasteiger partial charge in [-0.05, 0) is 37.6 Å². The summed E-state index contributed by atoms with van der Waals surface area (Å²) in [6.45, 7) is 3.99. The zero-order chi connectivity index (χ0) is 18.0. The Balaban J connectivity index is 2.07. The Bertz CT molecular complexity index is 934. The average Bonchev–Trinajstić information content (AvgIpc) is 3.00. The molecule has 0 spiro atoms. The lowest BCUT2D eigenvalue weighted by atomic mass is 10.1. The molecule has 0 radical (unpaired) electrons. The van der Waals surface area contributed by atoms with E-state index >= 15 is 0 Å². The van der Waals surface area contributed by atoms with Crippen molar-refractivity contribution in [3.05, 3.63) is 64.2 Å². The largest absolute Gasteiger partial charge is 0.465 e. The Morgan fingerprint density at radius 2 is 2.00 bits per heavy atom. The monoisotopic (exact) mass is 356 g/mol. The third-order valence-corrected chi connectivity index (χ3v) is 4.04. The first-order valence-corrected chi connectivity index (χ1v) is 8.05. The van der Waals surface area contributed by atoms with E-state index in [4.69, 9.17) is 20.9 Å². The van der Waals surface area contributed by atoms with Crippen molar-refractivity contribution in [2.45, 2.75) is 13.8 Å². The third-order valence-electron chi connectivity index (χ3n) is 3.81. The van der Waals surface area contributed by atoms with Crippen molar-refractivity contribution in [3.8, 4) is 11.3 Å². The summed E-state index contributed by atoms with van der Waals surface area (Å²) in [5, 5.41) is 7.71. The van der Waals surface area contributed by atoms with Crippen molar-refractivity contribution in [3.63, 3.8) is 0 Å². The van der Waals surface area contributed by atoms with E-state index in [1.54, 1.807) is 24.3 Å². The van der Waals surface area contributed by atoms with E-state index in [2.05, 4.69) is 10.5 Å². The number of benzene rings is 2. The van der Waals surface area contributed by atoms with Crippen LogP contribution >= 0.6 is 11.6 Å². The molecule has 0 aliphatic carbocycles. The molecule has 2 aromatic carbocycles. The van der Waals surface area contributed by atoms with Crippen LogP contribution in [0, 0.1) is 13.8 Å². The van der Waals surface area contributed by atoms with Gasteiger partial charge in [0.05, 0.1) is 7.11 Å². The summed E-state index contributed by atoms with van der Waals surface area (Å²) in [6, 6.07) is 13.0. The van der Waals surface area contributed by atoms with Gasteiger partial charge in [-0.3, -0.25) is 0 Å². The summed E-state index contributed by atoms with van der Waals surface area (Å²) in [5.41, 5.74) is 4.27. The maximum absolute atomic E-state index is 12.3. The summed E-state index contributed by atoms with van der Waals surface area (Å²) in [6.07, 6.45) is 0. The highest BCUT2D eigenvalue weighted by molar-refractivity contribution is 6.30. The standard InChI is InChI=1S/C19H17ClN2O3/c1-11-7-8-15(12(2)9-11)21-18-16(19(23)24-3)17(22-25-18)13-5-4-6-14(20)10-13/h4-10,21H,1-3H3. The predicted octanol–water partition coefficient (Wildman–Crippen LogP) is 5.14. The fraction of sp³-hybridized carbons (Fsp3) is 0.158. The molecule has 1 heterocycles. The first kappa shape index (κ1) is 17.0. The lowest BCUT2D eigenvalue weighted by Gasteiger charge is -2.09. The van der Waals surface area contributed by atoms with E-state index in [9.17, 15) is 4.79 Å². The molecule has 0 aliphatic rings. The van der Waals surface area contributed by atoms with E-state index in [-0.39, 0.29) is 11.4 Å². The van der Waals surface area contributed by atoms with Gasteiger partial charge in [0.2, 0.25) is 5.88 Å². The fourth-order valence-corrected chi connectivity index (χ4v) is 2.77. The normalized spacial score (nSPS) is 10.6. The van der Waals surface area contributed by atoms with Crippen molar-refractivity contribution >= 4 is 29.1 Å². The summed E-state index contributed by atoms with van der Waals surface area (Å²) in [7, 11) is 1.32. The van der Waals surface area contributed by atoms with Crippen molar-refractivity contribution in [2.24, 2.45) is 0 Å². The van der Waals surface area contributed by atoms with E-state index < -0.39 is 5.97 Å². The van der Waals surface area contributed by atoms with Crippen molar-refractivity contribution < 1.29 is 14.1 Å². The van der Waals surface area contributed by atoms with Gasteiger partial charge in [0.1, 0.15) is 5.69 Å². The molecule has 3 aromatic rings. The number of nitrogens with zero attached hydrogens (tertiary/aromatic N) is 1. The van der Waals surface area contributed by atoms with Gasteiger partial charge in [-0.1, -0.05) is 46.6 Å². The van der Waals surface area contributed by atoms with Crippen LogP contribution in [0.3, 0.4) is 0 Å². The van der Waals surface area contributed by atoms with Crippen LogP contribution in [0.25, 0.3) is 11.3 Å². The van der Waals surface area contributed by atoms with Gasteiger partial charge in [-0.25, -0.2) is 4.79 Å². The zero-order valence-electron chi connectivity index (χ0n) is 14.1. The summed E-state index contributed by atoms with van der Waals surface area (Å²) in [4.78, 5) is 12.3. The van der Waals surface area contributed by atoms with Crippen molar-refractivity contribution in [2.75, 3.05) is 12.4 Å². The molecule has 6 heteroatoms. The number of esters is 1. The van der Waals surface area contributed by atoms with E-state index in [1.165, 1.54) is 7.11 Å². The number of anilines is 2. The van der Waals surface area contributed by atoms with Gasteiger partial charge in [0, 0.05) is 16.3 Å². The number of aromatic nitrogens is 1. The van der Waals surface area contributed by atoms with Crippen LogP contribution in [0.15, 0.2) is 47.0 Å². The Morgan fingerprint density at radius 1 is 1.20 bits per heavy atom. The second kappa shape index (κ2) is 6.99. The molecule has 1 aromatic heterocycles. The number of halogens is 1. The van der Waals surface area contributed by atoms with Crippen LogP contribution in [0.1, 0.15) is 21.5 Å². The number of carbonyl (C=O) groups is 1. The van der Waals surface area contributed by atoms with Crippen molar-refractivity contribution in [1.29, 1.82) is 0 Å². The molecular weight excluding hydrogens is 340 g/mol. The van der Waals surface area contributed by atoms with E-state index in [0.717, 1.165) is 16.8 Å². The molecule has 0 bridgehead atoms. The Hall–Kier alpha value is -2.79. The molecule has 0 atom stereocenters. The molecule has 0 amide bonds. The summed E-state index contributed by atoms with van der Waals surface area (Å²) in [5.74, 6) is -0.308. The van der Waals surface area contributed by atoms with Crippen LogP contribution in [0.5, 0.6) is 0 Å². The fourth-order valence-electron chi connectivity index (χ4n) is 2.58. The van der Waals surface area contributed by atoms with Gasteiger partial charge in [0.15, 0.2) is 5.56 Å². The number of methoxy groups -OCH3 is 1. The number of nitrogens with one attached hydrogen (secondary N) is 1. The quantitative estimate of drug-likeness (QED) is 0.655. The van der Waals surface area contributed by atoms with E-state index in [0.29, 0.717) is 16.3 Å². The molecule has 0 unspecified atom stereocenters. The van der Waals surface area contributed by atoms with Gasteiger partial charge in [-0.2, -0.15) is 0 Å². The smallest absolute Gasteiger partial charge is 0.345 e. The lowest BCUT2D eigenvalue weighted by Crippen LogP contribution is -2.05. The molecule has 3 rings (SSSR count). The van der Waals surface area contributed by atoms with Gasteiger partial charge < -0.3 is 14.6 Å². The van der Waals surface area contributed by atoms with Crippen LogP contribution in [-0.4, -0.2) is 18.2 Å². The highest BCUT2D eigenvalue weighted by atomic mass is 35.5. The average molecular weight is 357 g/mol. The second-order valence-electron chi connectivity index (χ2n) is 5.68. The highest BCUT2D eigenvalue weighted by Gasteiger charge is 2.25. The first-order valence-electron chi connectivity index (χ1n) is 7.68. The van der Waals surface area contributed by atoms with Crippen LogP contribution in [0.4, 0.5) is 11.6 Å². The lowest BCUT2D eigenvalue weighted by molar-refractivity contribution is 0.0602. The summed E-state index contributed by atoms with van der Waals surface area (Å²) >= 11 is 6.04. The molecule has 5 nitrogen and oxygen atoms in total. The molecule has 1 N–H and O–H groups in total. The maximum atomic E-state index is 12.3. The first-order chi connectivity index (χ1) is 12.0. The Labute approximate surface area is 150 Å². The topological polar surface area (TPSA) is 64.4 Å². The Kier molecular flexibility index (Phi) is 4.76. The minimum absolute atomic E-state index is 0.227. The molecule has 0 fully saturated rings. The minimum atomic E-state index is -0.538. The van der Waals surface area contributed by atoms with Gasteiger partial charge in [-0.15, -0.1) is 0 Å². The number of ether oxygens (including phenoxy) is 1. The van der Waals surface area contributed by atoms with Gasteiger partial charge >= 0.3 is 5.97 Å². The third kappa shape index (κ3) is 3.51. The van der Waals surface area contributed by atoms with E-state index in [1.807, 2.05) is 32.0 Å². The molecule has 128 valence electrons. The molecule has 0 aliphatic heterocycles. The van der Waals surface area contributed by atoms with Crippen LogP contribution in [-0.2, 0) is 4.74 Å². The molecular formula is C19H17ClN2O3. The number of hydrogen-bond acceptors (Lipinski definition) is 5. The summed E-state index contributed by atoms with van der Waals surface area (Å²) < 4.78 is 10.3. The number of carbonyl (C=O) groups excluding carboxylic acids is 1. The van der Waals surface area contributed by atoms with Crippen LogP contribution in [0.2, 0.25) is 5.02 Å². The minimum Gasteiger partial charge on any atom is -0.465 e. The predicted molar refractivity (Wildman–Crippen MR) is 97.5 cm³/mol. The van der Waals surface area contributed by atoms with Crippen molar-refractivity contribution in [1.82, 2.24) is 5.16 Å². The highest BCUT2D eigenvalue weighted by Crippen LogP contribution is 2.33. The number of aryl methyl sites for hydroxylation is 2. The number of rotatable bonds is 4. The van der Waals surface area contributed by atoms with Gasteiger partial charge in [0.25, 0.3) is 0 Å². The molecule has 0 saturated heterocycles. The SMILES string of the molecule is COC(=O)c1c(-c2cccc(Cl)c2)noc1Nc1ccc(C)cc1C. The molecule has 25 heavy (non-hydrogen) atoms. The molecule has 0 saturated carbocycles. The number of hydrogen-bond donors (Lipinski definition) is 1.